The van der Waals surface area contributed by atoms with Crippen molar-refractivity contribution in [3.63, 3.8) is 0 Å². The summed E-state index contributed by atoms with van der Waals surface area (Å²) < 4.78 is 5.97. The quantitative estimate of drug-likeness (QED) is 0.372. The number of H-pyrrole nitrogens is 1. The predicted octanol–water partition coefficient (Wildman–Crippen LogP) is 3.26. The molecular formula is C19H30N2O5. The number of hydrogen-bond acceptors (Lipinski definition) is 5. The number of nitrogens with one attached hydrogen (secondary N) is 1. The average molecular weight is 366 g/mol. The summed E-state index contributed by atoms with van der Waals surface area (Å²) in [5.74, 6) is -0.00542. The molecule has 2 heterocycles. The zero-order valence-corrected chi connectivity index (χ0v) is 16.0. The molecule has 0 amide bonds. The fraction of sp³-hybridized carbons (Fsp3) is 0.684. The topological polar surface area (TPSA) is 109 Å². The summed E-state index contributed by atoms with van der Waals surface area (Å²) in [6.07, 6.45) is 6.16. The van der Waals surface area contributed by atoms with Crippen molar-refractivity contribution in [2.75, 3.05) is 0 Å². The van der Waals surface area contributed by atoms with Gasteiger partial charge in [-0.15, -0.1) is 0 Å². The summed E-state index contributed by atoms with van der Waals surface area (Å²) in [6, 6.07) is 1.53. The standard InChI is InChI=1S/C19H30N2O5/c1-13(5-7-14-11-17(20-12-14)21(24)25)6-8-15(22)19(4)10-9-16(26-19)18(2,3)23/h5,11-12,15-16,20,22-23H,6-10H2,1-4H3/b13-5+/t15-,16+,19+/m0/s1. The van der Waals surface area contributed by atoms with Crippen molar-refractivity contribution in [3.8, 4) is 0 Å². The first-order valence-electron chi connectivity index (χ1n) is 9.07. The van der Waals surface area contributed by atoms with Gasteiger partial charge >= 0.3 is 5.82 Å². The third-order valence-electron chi connectivity index (χ3n) is 5.23. The second-order valence-corrected chi connectivity index (χ2v) is 8.07. The predicted molar refractivity (Wildman–Crippen MR) is 99.0 cm³/mol. The van der Waals surface area contributed by atoms with Crippen molar-refractivity contribution >= 4 is 5.82 Å². The minimum atomic E-state index is -0.910. The van der Waals surface area contributed by atoms with Crippen LogP contribution >= 0.6 is 0 Å². The van der Waals surface area contributed by atoms with Crippen LogP contribution in [-0.4, -0.2) is 43.5 Å². The van der Waals surface area contributed by atoms with E-state index in [4.69, 9.17) is 4.74 Å². The number of allylic oxidation sites excluding steroid dienone is 2. The molecule has 0 bridgehead atoms. The van der Waals surface area contributed by atoms with Gasteiger partial charge in [0.05, 0.1) is 29.6 Å². The van der Waals surface area contributed by atoms with Gasteiger partial charge < -0.3 is 25.1 Å². The Bertz CT molecular complexity index is 661. The van der Waals surface area contributed by atoms with Gasteiger partial charge in [-0.25, -0.2) is 4.98 Å². The molecule has 0 unspecified atom stereocenters. The highest BCUT2D eigenvalue weighted by Gasteiger charge is 2.46. The van der Waals surface area contributed by atoms with E-state index in [2.05, 4.69) is 4.98 Å². The number of aromatic nitrogens is 1. The molecule has 3 N–H and O–H groups in total. The molecule has 0 aliphatic carbocycles. The Labute approximate surface area is 154 Å². The molecule has 1 saturated heterocycles. The highest BCUT2D eigenvalue weighted by Crippen LogP contribution is 2.38. The fourth-order valence-corrected chi connectivity index (χ4v) is 3.32. The molecule has 0 radical (unpaired) electrons. The van der Waals surface area contributed by atoms with Crippen molar-refractivity contribution in [1.82, 2.24) is 4.98 Å². The van der Waals surface area contributed by atoms with Gasteiger partial charge in [0, 0.05) is 11.6 Å². The molecule has 7 nitrogen and oxygen atoms in total. The van der Waals surface area contributed by atoms with Crippen LogP contribution in [0.3, 0.4) is 0 Å². The molecule has 0 spiro atoms. The molecular weight excluding hydrogens is 336 g/mol. The third kappa shape index (κ3) is 5.16. The summed E-state index contributed by atoms with van der Waals surface area (Å²) >= 11 is 0. The van der Waals surface area contributed by atoms with E-state index in [-0.39, 0.29) is 11.9 Å². The number of nitrogens with zero attached hydrogens (tertiary/aromatic N) is 1. The monoisotopic (exact) mass is 366 g/mol. The van der Waals surface area contributed by atoms with E-state index >= 15 is 0 Å². The largest absolute Gasteiger partial charge is 0.390 e. The van der Waals surface area contributed by atoms with Crippen LogP contribution in [0.5, 0.6) is 0 Å². The number of hydrogen-bond donors (Lipinski definition) is 3. The second kappa shape index (κ2) is 7.90. The van der Waals surface area contributed by atoms with Crippen LogP contribution < -0.4 is 0 Å². The van der Waals surface area contributed by atoms with E-state index in [1.807, 2.05) is 19.9 Å². The Balaban J connectivity index is 1.84. The number of rotatable bonds is 8. The van der Waals surface area contributed by atoms with Crippen molar-refractivity contribution in [2.45, 2.75) is 83.2 Å². The summed E-state index contributed by atoms with van der Waals surface area (Å²) in [7, 11) is 0. The van der Waals surface area contributed by atoms with Crippen molar-refractivity contribution in [3.05, 3.63) is 39.6 Å². The van der Waals surface area contributed by atoms with Gasteiger partial charge in [-0.1, -0.05) is 11.6 Å². The lowest BCUT2D eigenvalue weighted by Gasteiger charge is -2.33. The number of ether oxygens (including phenoxy) is 1. The van der Waals surface area contributed by atoms with Crippen LogP contribution in [0.1, 0.15) is 58.9 Å². The van der Waals surface area contributed by atoms with Gasteiger partial charge in [0.15, 0.2) is 0 Å². The lowest BCUT2D eigenvalue weighted by molar-refractivity contribution is -0.389. The van der Waals surface area contributed by atoms with E-state index in [0.717, 1.165) is 30.4 Å². The van der Waals surface area contributed by atoms with E-state index in [9.17, 15) is 20.3 Å². The number of aliphatic hydroxyl groups excluding tert-OH is 1. The second-order valence-electron chi connectivity index (χ2n) is 8.07. The molecule has 1 aromatic heterocycles. The lowest BCUT2D eigenvalue weighted by atomic mass is 9.90. The van der Waals surface area contributed by atoms with Gasteiger partial charge in [0.25, 0.3) is 0 Å². The number of aromatic amines is 1. The van der Waals surface area contributed by atoms with Gasteiger partial charge in [0.1, 0.15) is 0 Å². The first-order chi connectivity index (χ1) is 12.0. The lowest BCUT2D eigenvalue weighted by Crippen LogP contribution is -2.43. The average Bonchev–Trinajstić information content (AvgIpc) is 3.17. The molecule has 1 aliphatic rings. The van der Waals surface area contributed by atoms with Gasteiger partial charge in [0.2, 0.25) is 0 Å². The van der Waals surface area contributed by atoms with Crippen molar-refractivity contribution in [2.24, 2.45) is 0 Å². The summed E-state index contributed by atoms with van der Waals surface area (Å²) in [5.41, 5.74) is 0.433. The first-order valence-corrected chi connectivity index (χ1v) is 9.07. The van der Waals surface area contributed by atoms with Crippen LogP contribution in [0.25, 0.3) is 0 Å². The maximum Gasteiger partial charge on any atom is 0.321 e. The molecule has 26 heavy (non-hydrogen) atoms. The molecule has 2 rings (SSSR count). The van der Waals surface area contributed by atoms with Crippen LogP contribution in [0, 0.1) is 10.1 Å². The Morgan fingerprint density at radius 2 is 2.31 bits per heavy atom. The molecule has 1 aliphatic heterocycles. The summed E-state index contributed by atoms with van der Waals surface area (Å²) in [4.78, 5) is 12.9. The van der Waals surface area contributed by atoms with E-state index in [1.165, 1.54) is 6.07 Å². The van der Waals surface area contributed by atoms with E-state index in [1.54, 1.807) is 20.0 Å². The van der Waals surface area contributed by atoms with Crippen molar-refractivity contribution in [1.29, 1.82) is 0 Å². The highest BCUT2D eigenvalue weighted by molar-refractivity contribution is 5.28. The Hall–Kier alpha value is -1.70. The molecule has 0 saturated carbocycles. The van der Waals surface area contributed by atoms with Gasteiger partial charge in [-0.2, -0.15) is 0 Å². The maximum absolute atomic E-state index is 10.7. The summed E-state index contributed by atoms with van der Waals surface area (Å²) in [6.45, 7) is 7.36. The number of aliphatic hydroxyl groups is 2. The van der Waals surface area contributed by atoms with E-state index in [0.29, 0.717) is 12.8 Å². The van der Waals surface area contributed by atoms with E-state index < -0.39 is 22.2 Å². The molecule has 7 heteroatoms. The smallest absolute Gasteiger partial charge is 0.321 e. The Morgan fingerprint density at radius 3 is 2.85 bits per heavy atom. The van der Waals surface area contributed by atoms with Crippen LogP contribution in [-0.2, 0) is 11.2 Å². The van der Waals surface area contributed by atoms with Crippen LogP contribution in [0.4, 0.5) is 5.82 Å². The molecule has 1 aromatic rings. The van der Waals surface area contributed by atoms with Crippen LogP contribution in [0.15, 0.2) is 23.9 Å². The highest BCUT2D eigenvalue weighted by atomic mass is 16.6. The minimum Gasteiger partial charge on any atom is -0.390 e. The fourth-order valence-electron chi connectivity index (χ4n) is 3.32. The maximum atomic E-state index is 10.7. The normalized spacial score (nSPS) is 25.5. The molecule has 3 atom stereocenters. The number of nitro groups is 1. The Morgan fingerprint density at radius 1 is 1.62 bits per heavy atom. The van der Waals surface area contributed by atoms with Gasteiger partial charge in [-0.05, 0) is 64.7 Å². The third-order valence-corrected chi connectivity index (χ3v) is 5.23. The summed E-state index contributed by atoms with van der Waals surface area (Å²) in [5, 5.41) is 31.4. The molecule has 146 valence electrons. The zero-order valence-electron chi connectivity index (χ0n) is 16.0. The Kier molecular flexibility index (Phi) is 6.26. The van der Waals surface area contributed by atoms with Crippen LogP contribution in [0.2, 0.25) is 0 Å². The SMILES string of the molecule is C/C(=C\Cc1c[nH]c([N+](=O)[O-])c1)CC[C@H](O)[C@@]1(C)CC[C@H](C(C)(C)O)O1. The molecule has 1 fully saturated rings. The van der Waals surface area contributed by atoms with Gasteiger partial charge in [-0.3, -0.25) is 0 Å². The zero-order chi connectivity index (χ0) is 19.5. The molecule has 0 aromatic carbocycles. The van der Waals surface area contributed by atoms with Crippen molar-refractivity contribution < 1.29 is 19.9 Å². The first kappa shape index (κ1) is 20.6. The minimum absolute atomic E-state index is 0.00542.